The van der Waals surface area contributed by atoms with Gasteiger partial charge in [-0.2, -0.15) is 0 Å². The molecule has 1 heterocycles. The minimum atomic E-state index is 0.186. The van der Waals surface area contributed by atoms with Gasteiger partial charge in [0, 0.05) is 5.56 Å². The molecule has 3 aromatic carbocycles. The number of hydrogen-bond donors (Lipinski definition) is 0. The van der Waals surface area contributed by atoms with Gasteiger partial charge in [-0.1, -0.05) is 78.9 Å². The molecule has 0 radical (unpaired) electrons. The van der Waals surface area contributed by atoms with Crippen molar-refractivity contribution in [3.8, 4) is 0 Å². The Labute approximate surface area is 155 Å². The van der Waals surface area contributed by atoms with E-state index in [0.29, 0.717) is 12.5 Å². The first-order valence-electron chi connectivity index (χ1n) is 9.22. The maximum atomic E-state index is 5.96. The van der Waals surface area contributed by atoms with Crippen molar-refractivity contribution in [2.75, 3.05) is 6.61 Å². The number of nitrogens with zero attached hydrogens (tertiary/aromatic N) is 1. The average molecular weight is 341 g/mol. The van der Waals surface area contributed by atoms with Crippen LogP contribution in [-0.4, -0.2) is 18.5 Å². The lowest BCUT2D eigenvalue weighted by Gasteiger charge is -2.20. The van der Waals surface area contributed by atoms with Crippen LogP contribution in [-0.2, 0) is 17.6 Å². The van der Waals surface area contributed by atoms with E-state index < -0.39 is 0 Å². The van der Waals surface area contributed by atoms with Crippen LogP contribution in [0.25, 0.3) is 0 Å². The van der Waals surface area contributed by atoms with Crippen LogP contribution in [0.3, 0.4) is 0 Å². The summed E-state index contributed by atoms with van der Waals surface area (Å²) in [6.45, 7) is 0.661. The third-order valence-electron chi connectivity index (χ3n) is 4.92. The van der Waals surface area contributed by atoms with E-state index in [-0.39, 0.29) is 6.04 Å². The molecular weight excluding hydrogens is 318 g/mol. The standard InChI is InChI=1S/C24H23NO/c1-4-10-19(11-5-1)16-22(17-20-12-6-2-7-13-20)23-18-26-24(25-23)21-14-8-3-9-15-21/h1-15,22-23H,16-18H2/t23-/m0/s1. The highest BCUT2D eigenvalue weighted by molar-refractivity contribution is 5.95. The molecular formula is C24H23NO. The van der Waals surface area contributed by atoms with Crippen molar-refractivity contribution in [1.29, 1.82) is 0 Å². The van der Waals surface area contributed by atoms with Crippen LogP contribution in [0.15, 0.2) is 96.0 Å². The first-order chi connectivity index (χ1) is 12.9. The highest BCUT2D eigenvalue weighted by Crippen LogP contribution is 2.25. The summed E-state index contributed by atoms with van der Waals surface area (Å²) in [4.78, 5) is 4.95. The van der Waals surface area contributed by atoms with E-state index in [1.807, 2.05) is 18.2 Å². The molecule has 0 aromatic heterocycles. The van der Waals surface area contributed by atoms with Crippen molar-refractivity contribution < 1.29 is 4.74 Å². The van der Waals surface area contributed by atoms with Gasteiger partial charge >= 0.3 is 0 Å². The summed E-state index contributed by atoms with van der Waals surface area (Å²) in [6.07, 6.45) is 2.02. The molecule has 0 saturated heterocycles. The largest absolute Gasteiger partial charge is 0.475 e. The summed E-state index contributed by atoms with van der Waals surface area (Å²) >= 11 is 0. The second kappa shape index (κ2) is 8.01. The van der Waals surface area contributed by atoms with Crippen LogP contribution in [0.5, 0.6) is 0 Å². The molecule has 1 aliphatic heterocycles. The zero-order valence-electron chi connectivity index (χ0n) is 14.8. The lowest BCUT2D eigenvalue weighted by molar-refractivity contribution is 0.275. The highest BCUT2D eigenvalue weighted by Gasteiger charge is 2.28. The Kier molecular flexibility index (Phi) is 5.11. The molecule has 0 fully saturated rings. The Balaban J connectivity index is 1.57. The summed E-state index contributed by atoms with van der Waals surface area (Å²) in [5.74, 6) is 1.20. The second-order valence-corrected chi connectivity index (χ2v) is 6.82. The van der Waals surface area contributed by atoms with E-state index in [2.05, 4.69) is 72.8 Å². The summed E-state index contributed by atoms with van der Waals surface area (Å²) < 4.78 is 5.96. The molecule has 0 unspecified atom stereocenters. The molecule has 0 N–H and O–H groups in total. The van der Waals surface area contributed by atoms with Gasteiger partial charge in [0.05, 0.1) is 6.04 Å². The molecule has 130 valence electrons. The van der Waals surface area contributed by atoms with Crippen LogP contribution in [0.1, 0.15) is 16.7 Å². The molecule has 0 bridgehead atoms. The molecule has 4 rings (SSSR count). The van der Waals surface area contributed by atoms with Crippen molar-refractivity contribution in [3.63, 3.8) is 0 Å². The van der Waals surface area contributed by atoms with Gasteiger partial charge in [0.2, 0.25) is 5.90 Å². The summed E-state index contributed by atoms with van der Waals surface area (Å²) in [5.41, 5.74) is 3.78. The van der Waals surface area contributed by atoms with E-state index in [1.54, 1.807) is 0 Å². The van der Waals surface area contributed by atoms with Gasteiger partial charge in [0.25, 0.3) is 0 Å². The number of benzene rings is 3. The summed E-state index contributed by atoms with van der Waals surface area (Å²) in [7, 11) is 0. The minimum Gasteiger partial charge on any atom is -0.475 e. The molecule has 1 atom stereocenters. The van der Waals surface area contributed by atoms with Crippen LogP contribution in [0.4, 0.5) is 0 Å². The number of hydrogen-bond acceptors (Lipinski definition) is 2. The third kappa shape index (κ3) is 4.02. The lowest BCUT2D eigenvalue weighted by atomic mass is 9.87. The molecule has 0 spiro atoms. The second-order valence-electron chi connectivity index (χ2n) is 6.82. The number of rotatable bonds is 6. The first-order valence-corrected chi connectivity index (χ1v) is 9.22. The van der Waals surface area contributed by atoms with Gasteiger partial charge in [0.15, 0.2) is 0 Å². The van der Waals surface area contributed by atoms with Crippen molar-refractivity contribution >= 4 is 5.90 Å². The van der Waals surface area contributed by atoms with Crippen molar-refractivity contribution in [3.05, 3.63) is 108 Å². The fourth-order valence-electron chi connectivity index (χ4n) is 3.55. The Morgan fingerprint density at radius 2 is 1.23 bits per heavy atom. The van der Waals surface area contributed by atoms with E-state index >= 15 is 0 Å². The average Bonchev–Trinajstić information content (AvgIpc) is 3.20. The first kappa shape index (κ1) is 16.6. The predicted octanol–water partition coefficient (Wildman–Crippen LogP) is 4.93. The van der Waals surface area contributed by atoms with Crippen LogP contribution < -0.4 is 0 Å². The van der Waals surface area contributed by atoms with E-state index in [9.17, 15) is 0 Å². The van der Waals surface area contributed by atoms with Gasteiger partial charge in [-0.15, -0.1) is 0 Å². The van der Waals surface area contributed by atoms with Crippen LogP contribution >= 0.6 is 0 Å². The van der Waals surface area contributed by atoms with Gasteiger partial charge in [0.1, 0.15) is 6.61 Å². The Morgan fingerprint density at radius 3 is 1.77 bits per heavy atom. The molecule has 1 aliphatic rings. The zero-order valence-corrected chi connectivity index (χ0v) is 14.8. The van der Waals surface area contributed by atoms with Gasteiger partial charge < -0.3 is 4.74 Å². The maximum absolute atomic E-state index is 5.96. The Hall–Kier alpha value is -2.87. The maximum Gasteiger partial charge on any atom is 0.216 e. The minimum absolute atomic E-state index is 0.186. The molecule has 0 saturated carbocycles. The van der Waals surface area contributed by atoms with Crippen LogP contribution in [0.2, 0.25) is 0 Å². The molecule has 2 nitrogen and oxygen atoms in total. The molecule has 3 aromatic rings. The van der Waals surface area contributed by atoms with Crippen molar-refractivity contribution in [1.82, 2.24) is 0 Å². The molecule has 0 amide bonds. The van der Waals surface area contributed by atoms with Crippen LogP contribution in [0, 0.1) is 5.92 Å². The monoisotopic (exact) mass is 341 g/mol. The summed E-state index contributed by atoms with van der Waals surface area (Å²) in [5, 5.41) is 0. The van der Waals surface area contributed by atoms with E-state index in [0.717, 1.165) is 24.3 Å². The topological polar surface area (TPSA) is 21.6 Å². The summed E-state index contributed by atoms with van der Waals surface area (Å²) in [6, 6.07) is 31.8. The smallest absolute Gasteiger partial charge is 0.216 e. The SMILES string of the molecule is c1ccc(CC(Cc2ccccc2)[C@@H]2COC(c3ccccc3)=N2)cc1. The molecule has 2 heteroatoms. The Morgan fingerprint density at radius 1 is 0.731 bits per heavy atom. The predicted molar refractivity (Wildman–Crippen MR) is 107 cm³/mol. The Bertz CT molecular complexity index is 802. The number of aliphatic imine (C=N–C) groups is 1. The van der Waals surface area contributed by atoms with E-state index in [1.165, 1.54) is 11.1 Å². The van der Waals surface area contributed by atoms with E-state index in [4.69, 9.17) is 9.73 Å². The quantitative estimate of drug-likeness (QED) is 0.623. The highest BCUT2D eigenvalue weighted by atomic mass is 16.5. The number of ether oxygens (including phenoxy) is 1. The lowest BCUT2D eigenvalue weighted by Crippen LogP contribution is -2.24. The van der Waals surface area contributed by atoms with Gasteiger partial charge in [-0.3, -0.25) is 0 Å². The van der Waals surface area contributed by atoms with Gasteiger partial charge in [-0.05, 0) is 42.0 Å². The fraction of sp³-hybridized carbons (Fsp3) is 0.208. The zero-order chi connectivity index (χ0) is 17.6. The third-order valence-corrected chi connectivity index (χ3v) is 4.92. The molecule has 0 aliphatic carbocycles. The molecule has 26 heavy (non-hydrogen) atoms. The fourth-order valence-corrected chi connectivity index (χ4v) is 3.55. The normalized spacial score (nSPS) is 16.3. The van der Waals surface area contributed by atoms with Crippen molar-refractivity contribution in [2.45, 2.75) is 18.9 Å². The van der Waals surface area contributed by atoms with Crippen molar-refractivity contribution in [2.24, 2.45) is 10.9 Å². The van der Waals surface area contributed by atoms with Gasteiger partial charge in [-0.25, -0.2) is 4.99 Å².